The van der Waals surface area contributed by atoms with Crippen LogP contribution in [0.1, 0.15) is 31.6 Å². The van der Waals surface area contributed by atoms with Gasteiger partial charge in [0.25, 0.3) is 5.91 Å². The quantitative estimate of drug-likeness (QED) is 0.858. The number of aromatic carboxylic acids is 1. The number of nitrogens with one attached hydrogen (secondary N) is 1. The number of hydrogen-bond acceptors (Lipinski definition) is 6. The predicted molar refractivity (Wildman–Crippen MR) is 61.5 cm³/mol. The zero-order valence-electron chi connectivity index (χ0n) is 9.34. The van der Waals surface area contributed by atoms with E-state index in [-0.39, 0.29) is 18.1 Å². The lowest BCUT2D eigenvalue weighted by Crippen LogP contribution is -2.23. The van der Waals surface area contributed by atoms with Crippen LogP contribution < -0.4 is 5.32 Å². The van der Waals surface area contributed by atoms with E-state index in [4.69, 9.17) is 9.63 Å². The molecular formula is C10H9N3O4S. The second kappa shape index (κ2) is 4.96. The first kappa shape index (κ1) is 12.2. The molecule has 0 aliphatic heterocycles. The van der Waals surface area contributed by atoms with Crippen molar-refractivity contribution in [1.82, 2.24) is 15.5 Å². The standard InChI is InChI=1S/C10H9N3O4S/c1-5-6(2-12-17-5)9(14)11-3-8-13-7(4-18-8)10(15)16/h2,4H,3H2,1H3,(H,11,14)(H,15,16). The summed E-state index contributed by atoms with van der Waals surface area (Å²) in [6.45, 7) is 1.80. The Bertz CT molecular complexity index is 589. The maximum atomic E-state index is 11.7. The number of nitrogens with zero attached hydrogens (tertiary/aromatic N) is 2. The van der Waals surface area contributed by atoms with Gasteiger partial charge in [0.1, 0.15) is 16.3 Å². The van der Waals surface area contributed by atoms with Crippen LogP contribution in [0.5, 0.6) is 0 Å². The first-order valence-electron chi connectivity index (χ1n) is 4.95. The molecule has 0 saturated carbocycles. The van der Waals surface area contributed by atoms with E-state index in [1.807, 2.05) is 0 Å². The fourth-order valence-corrected chi connectivity index (χ4v) is 1.97. The summed E-state index contributed by atoms with van der Waals surface area (Å²) in [7, 11) is 0. The van der Waals surface area contributed by atoms with Gasteiger partial charge in [0.2, 0.25) is 0 Å². The average Bonchev–Trinajstić information content (AvgIpc) is 2.94. The Hall–Kier alpha value is -2.22. The van der Waals surface area contributed by atoms with Crippen molar-refractivity contribution in [1.29, 1.82) is 0 Å². The Labute approximate surface area is 105 Å². The average molecular weight is 267 g/mol. The smallest absolute Gasteiger partial charge is 0.355 e. The molecule has 8 heteroatoms. The van der Waals surface area contributed by atoms with E-state index >= 15 is 0 Å². The molecule has 0 aliphatic carbocycles. The summed E-state index contributed by atoms with van der Waals surface area (Å²) in [4.78, 5) is 26.2. The van der Waals surface area contributed by atoms with Gasteiger partial charge >= 0.3 is 5.97 Å². The number of rotatable bonds is 4. The van der Waals surface area contributed by atoms with Crippen molar-refractivity contribution in [2.75, 3.05) is 0 Å². The molecule has 0 atom stereocenters. The first-order chi connectivity index (χ1) is 8.58. The van der Waals surface area contributed by atoms with Crippen LogP contribution in [0.3, 0.4) is 0 Å². The molecule has 2 aromatic rings. The van der Waals surface area contributed by atoms with Crippen molar-refractivity contribution in [3.63, 3.8) is 0 Å². The molecule has 2 N–H and O–H groups in total. The van der Waals surface area contributed by atoms with E-state index in [0.717, 1.165) is 0 Å². The highest BCUT2D eigenvalue weighted by Gasteiger charge is 2.14. The maximum Gasteiger partial charge on any atom is 0.355 e. The van der Waals surface area contributed by atoms with Crippen LogP contribution in [-0.4, -0.2) is 27.1 Å². The monoisotopic (exact) mass is 267 g/mol. The van der Waals surface area contributed by atoms with Crippen LogP contribution in [0.15, 0.2) is 16.1 Å². The van der Waals surface area contributed by atoms with Crippen LogP contribution in [0, 0.1) is 6.92 Å². The summed E-state index contributed by atoms with van der Waals surface area (Å²) in [5.74, 6) is -0.989. The minimum Gasteiger partial charge on any atom is -0.476 e. The molecule has 0 aromatic carbocycles. The third-order valence-electron chi connectivity index (χ3n) is 2.17. The Morgan fingerprint density at radius 1 is 1.56 bits per heavy atom. The molecule has 0 aliphatic rings. The fraction of sp³-hybridized carbons (Fsp3) is 0.200. The van der Waals surface area contributed by atoms with Crippen molar-refractivity contribution in [2.24, 2.45) is 0 Å². The Morgan fingerprint density at radius 3 is 2.89 bits per heavy atom. The summed E-state index contributed by atoms with van der Waals surface area (Å²) in [5, 5.41) is 16.8. The molecule has 0 saturated heterocycles. The van der Waals surface area contributed by atoms with E-state index in [0.29, 0.717) is 16.3 Å². The molecule has 1 amide bonds. The second-order valence-electron chi connectivity index (χ2n) is 3.41. The molecule has 0 spiro atoms. The minimum absolute atomic E-state index is 0.0228. The van der Waals surface area contributed by atoms with Gasteiger partial charge < -0.3 is 14.9 Å². The molecule has 0 bridgehead atoms. The Balaban J connectivity index is 1.97. The van der Waals surface area contributed by atoms with Crippen molar-refractivity contribution < 1.29 is 19.2 Å². The zero-order chi connectivity index (χ0) is 13.1. The van der Waals surface area contributed by atoms with Crippen molar-refractivity contribution in [3.05, 3.63) is 33.6 Å². The normalized spacial score (nSPS) is 10.3. The zero-order valence-corrected chi connectivity index (χ0v) is 10.2. The van der Waals surface area contributed by atoms with Gasteiger partial charge in [-0.1, -0.05) is 5.16 Å². The number of aryl methyl sites for hydroxylation is 1. The topological polar surface area (TPSA) is 105 Å². The lowest BCUT2D eigenvalue weighted by Gasteiger charge is -2.00. The van der Waals surface area contributed by atoms with Gasteiger partial charge in [0.05, 0.1) is 12.7 Å². The van der Waals surface area contributed by atoms with Crippen LogP contribution in [0.4, 0.5) is 0 Å². The molecule has 2 aromatic heterocycles. The first-order valence-corrected chi connectivity index (χ1v) is 5.83. The highest BCUT2D eigenvalue weighted by Crippen LogP contribution is 2.10. The largest absolute Gasteiger partial charge is 0.476 e. The Morgan fingerprint density at radius 2 is 2.33 bits per heavy atom. The number of aromatic nitrogens is 2. The number of carboxylic acids is 1. The number of thiazole rings is 1. The van der Waals surface area contributed by atoms with Gasteiger partial charge in [-0.2, -0.15) is 0 Å². The molecule has 94 valence electrons. The van der Waals surface area contributed by atoms with Gasteiger partial charge in [-0.25, -0.2) is 9.78 Å². The van der Waals surface area contributed by atoms with Crippen molar-refractivity contribution >= 4 is 23.2 Å². The third kappa shape index (κ3) is 2.54. The second-order valence-corrected chi connectivity index (χ2v) is 4.35. The summed E-state index contributed by atoms with van der Waals surface area (Å²) in [6.07, 6.45) is 1.33. The molecule has 18 heavy (non-hydrogen) atoms. The number of carbonyl (C=O) groups is 2. The van der Waals surface area contributed by atoms with Crippen LogP contribution in [0.25, 0.3) is 0 Å². The summed E-state index contributed by atoms with van der Waals surface area (Å²) < 4.78 is 4.77. The van der Waals surface area contributed by atoms with Gasteiger partial charge in [-0.05, 0) is 6.92 Å². The van der Waals surface area contributed by atoms with Gasteiger partial charge in [-0.3, -0.25) is 4.79 Å². The van der Waals surface area contributed by atoms with Gasteiger partial charge in [0, 0.05) is 5.38 Å². The molecule has 0 fully saturated rings. The summed E-state index contributed by atoms with van der Waals surface area (Å²) in [5.41, 5.74) is 0.329. The highest BCUT2D eigenvalue weighted by molar-refractivity contribution is 7.09. The summed E-state index contributed by atoms with van der Waals surface area (Å²) >= 11 is 1.18. The molecule has 7 nitrogen and oxygen atoms in total. The predicted octanol–water partition coefficient (Wildman–Crippen LogP) is 1.07. The van der Waals surface area contributed by atoms with E-state index in [1.165, 1.54) is 22.9 Å². The van der Waals surface area contributed by atoms with E-state index < -0.39 is 5.97 Å². The maximum absolute atomic E-state index is 11.7. The van der Waals surface area contributed by atoms with Crippen LogP contribution in [-0.2, 0) is 6.54 Å². The molecule has 0 unspecified atom stereocenters. The summed E-state index contributed by atoms with van der Waals surface area (Å²) in [6, 6.07) is 0. The number of carbonyl (C=O) groups excluding carboxylic acids is 1. The van der Waals surface area contributed by atoms with Gasteiger partial charge in [-0.15, -0.1) is 11.3 Å². The van der Waals surface area contributed by atoms with E-state index in [9.17, 15) is 9.59 Å². The highest BCUT2D eigenvalue weighted by atomic mass is 32.1. The number of amides is 1. The Kier molecular flexibility index (Phi) is 3.38. The lowest BCUT2D eigenvalue weighted by atomic mass is 10.2. The minimum atomic E-state index is -1.08. The number of hydrogen-bond donors (Lipinski definition) is 2. The van der Waals surface area contributed by atoms with Crippen LogP contribution >= 0.6 is 11.3 Å². The molecule has 2 rings (SSSR count). The van der Waals surface area contributed by atoms with Crippen molar-refractivity contribution in [2.45, 2.75) is 13.5 Å². The van der Waals surface area contributed by atoms with Crippen LogP contribution in [0.2, 0.25) is 0 Å². The fourth-order valence-electron chi connectivity index (χ4n) is 1.26. The molecule has 2 heterocycles. The SMILES string of the molecule is Cc1oncc1C(=O)NCc1nc(C(=O)O)cs1. The van der Waals surface area contributed by atoms with E-state index in [1.54, 1.807) is 6.92 Å². The van der Waals surface area contributed by atoms with Gasteiger partial charge in [0.15, 0.2) is 5.69 Å². The molecular weight excluding hydrogens is 258 g/mol. The number of carboxylic acid groups (broad SMARTS) is 1. The molecule has 0 radical (unpaired) electrons. The van der Waals surface area contributed by atoms with Crippen molar-refractivity contribution in [3.8, 4) is 0 Å². The lowest BCUT2D eigenvalue weighted by molar-refractivity contribution is 0.0691. The van der Waals surface area contributed by atoms with E-state index in [2.05, 4.69) is 15.5 Å². The third-order valence-corrected chi connectivity index (χ3v) is 3.02.